The van der Waals surface area contributed by atoms with Crippen LogP contribution in [-0.4, -0.2) is 16.0 Å². The summed E-state index contributed by atoms with van der Waals surface area (Å²) >= 11 is 0. The minimum absolute atomic E-state index is 0.803. The molecule has 0 unspecified atom stereocenters. The van der Waals surface area contributed by atoms with Crippen molar-refractivity contribution >= 4 is 18.2 Å². The molecular weight excluding hydrogens is 174 g/mol. The molecule has 0 fully saturated rings. The van der Waals surface area contributed by atoms with Crippen molar-refractivity contribution in [3.05, 3.63) is 18.8 Å². The van der Waals surface area contributed by atoms with Crippen molar-refractivity contribution in [1.82, 2.24) is 9.78 Å². The number of hydrogen-bond donors (Lipinski definition) is 0. The Morgan fingerprint density at radius 2 is 1.93 bits per heavy atom. The molecule has 1 aromatic heterocycles. The van der Waals surface area contributed by atoms with Crippen molar-refractivity contribution < 1.29 is 0 Å². The van der Waals surface area contributed by atoms with E-state index < -0.39 is 0 Å². The molecule has 0 bridgehead atoms. The van der Waals surface area contributed by atoms with Gasteiger partial charge in [0.2, 0.25) is 0 Å². The molecule has 0 radical (unpaired) electrons. The van der Waals surface area contributed by atoms with Crippen LogP contribution in [0.5, 0.6) is 0 Å². The van der Waals surface area contributed by atoms with Gasteiger partial charge in [-0.3, -0.25) is 0 Å². The average Bonchev–Trinajstić information content (AvgIpc) is 2.72. The second kappa shape index (κ2) is 11.6. The molecule has 0 saturated heterocycles. The Balaban J connectivity index is 0. The van der Waals surface area contributed by atoms with E-state index in [4.69, 9.17) is 0 Å². The molecule has 0 aliphatic carbocycles. The molecular formula is C11H21N3. The second-order valence-corrected chi connectivity index (χ2v) is 1.70. The van der Waals surface area contributed by atoms with Crippen molar-refractivity contribution in [1.29, 1.82) is 0 Å². The van der Waals surface area contributed by atoms with Gasteiger partial charge in [0.1, 0.15) is 0 Å². The molecule has 3 heteroatoms. The summed E-state index contributed by atoms with van der Waals surface area (Å²) in [5.41, 5.74) is 0. The fourth-order valence-electron chi connectivity index (χ4n) is 0.682. The molecule has 0 spiro atoms. The highest BCUT2D eigenvalue weighted by molar-refractivity contribution is 5.59. The van der Waals surface area contributed by atoms with Gasteiger partial charge in [-0.1, -0.05) is 34.3 Å². The lowest BCUT2D eigenvalue weighted by molar-refractivity contribution is 0.935. The van der Waals surface area contributed by atoms with E-state index in [0.29, 0.717) is 0 Å². The molecule has 0 aliphatic rings. The summed E-state index contributed by atoms with van der Waals surface area (Å²) in [5, 5.41) is 3.94. The molecule has 3 nitrogen and oxygen atoms in total. The smallest absolute Gasteiger partial charge is 0.154 e. The summed E-state index contributed by atoms with van der Waals surface area (Å²) in [6.07, 6.45) is 5.02. The van der Waals surface area contributed by atoms with Crippen LogP contribution in [0, 0.1) is 0 Å². The zero-order chi connectivity index (χ0) is 11.4. The van der Waals surface area contributed by atoms with Crippen LogP contribution in [0.2, 0.25) is 0 Å². The molecule has 0 aliphatic heterocycles. The van der Waals surface area contributed by atoms with Gasteiger partial charge in [0, 0.05) is 18.5 Å². The summed E-state index contributed by atoms with van der Waals surface area (Å²) in [7, 11) is 0. The molecule has 1 rings (SSSR count). The van der Waals surface area contributed by atoms with E-state index in [1.807, 2.05) is 40.7 Å². The van der Waals surface area contributed by atoms with Crippen molar-refractivity contribution in [3.8, 4) is 0 Å². The van der Waals surface area contributed by atoms with Gasteiger partial charge < -0.3 is 0 Å². The lowest BCUT2D eigenvalue weighted by atomic mass is 10.6. The predicted octanol–water partition coefficient (Wildman–Crippen LogP) is 3.76. The molecule has 14 heavy (non-hydrogen) atoms. The highest BCUT2D eigenvalue weighted by Gasteiger charge is 1.91. The lowest BCUT2D eigenvalue weighted by Crippen LogP contribution is -1.85. The summed E-state index contributed by atoms with van der Waals surface area (Å²) in [6, 6.07) is 1.82. The third-order valence-electron chi connectivity index (χ3n) is 1.08. The zero-order valence-electron chi connectivity index (χ0n) is 9.86. The van der Waals surface area contributed by atoms with E-state index >= 15 is 0 Å². The van der Waals surface area contributed by atoms with Crippen LogP contribution in [0.25, 0.3) is 6.20 Å². The van der Waals surface area contributed by atoms with Crippen molar-refractivity contribution in [3.63, 3.8) is 0 Å². The van der Waals surface area contributed by atoms with Crippen molar-refractivity contribution in [2.45, 2.75) is 34.6 Å². The Morgan fingerprint density at radius 3 is 2.36 bits per heavy atom. The summed E-state index contributed by atoms with van der Waals surface area (Å²) in [5.74, 6) is 0.803. The fourth-order valence-corrected chi connectivity index (χ4v) is 0.682. The van der Waals surface area contributed by atoms with Crippen LogP contribution in [0.15, 0.2) is 23.8 Å². The third-order valence-corrected chi connectivity index (χ3v) is 1.08. The normalized spacial score (nSPS) is 8.36. The van der Waals surface area contributed by atoms with Crippen molar-refractivity contribution in [2.24, 2.45) is 4.99 Å². The van der Waals surface area contributed by atoms with Gasteiger partial charge in [0.05, 0.1) is 6.20 Å². The van der Waals surface area contributed by atoms with Gasteiger partial charge >= 0.3 is 0 Å². The van der Waals surface area contributed by atoms with Gasteiger partial charge in [-0.05, 0) is 6.92 Å². The van der Waals surface area contributed by atoms with E-state index in [2.05, 4.69) is 16.7 Å². The van der Waals surface area contributed by atoms with Crippen molar-refractivity contribution in [2.75, 3.05) is 0 Å². The van der Waals surface area contributed by atoms with Crippen LogP contribution in [0.3, 0.4) is 0 Å². The lowest BCUT2D eigenvalue weighted by Gasteiger charge is -1.91. The van der Waals surface area contributed by atoms with E-state index in [1.54, 1.807) is 23.3 Å². The maximum absolute atomic E-state index is 4.04. The second-order valence-electron chi connectivity index (χ2n) is 1.70. The number of hydrogen-bond acceptors (Lipinski definition) is 2. The van der Waals surface area contributed by atoms with Gasteiger partial charge in [0.15, 0.2) is 5.82 Å². The van der Waals surface area contributed by atoms with E-state index in [9.17, 15) is 0 Å². The Bertz CT molecular complexity index is 249. The average molecular weight is 195 g/mol. The summed E-state index contributed by atoms with van der Waals surface area (Å²) in [6.45, 7) is 13.4. The van der Waals surface area contributed by atoms with Gasteiger partial charge in [-0.15, -0.1) is 0 Å². The minimum atomic E-state index is 0.803. The maximum atomic E-state index is 4.04. The van der Waals surface area contributed by atoms with Gasteiger partial charge in [-0.25, -0.2) is 9.67 Å². The number of rotatable bonds is 2. The van der Waals surface area contributed by atoms with Gasteiger partial charge in [-0.2, -0.15) is 5.10 Å². The van der Waals surface area contributed by atoms with E-state index in [1.165, 1.54) is 0 Å². The molecule has 0 saturated carbocycles. The number of aliphatic imine (C=N–C) groups is 1. The first-order chi connectivity index (χ1) is 6.88. The molecule has 1 aromatic rings. The van der Waals surface area contributed by atoms with Crippen LogP contribution in [0.4, 0.5) is 5.82 Å². The van der Waals surface area contributed by atoms with Crippen LogP contribution in [0.1, 0.15) is 34.6 Å². The highest BCUT2D eigenvalue weighted by atomic mass is 15.3. The topological polar surface area (TPSA) is 30.2 Å². The zero-order valence-corrected chi connectivity index (χ0v) is 9.86. The van der Waals surface area contributed by atoms with E-state index in [0.717, 1.165) is 5.82 Å². The SMILES string of the molecule is C=Cn1nccc1/N=C\C.CC.CC. The van der Waals surface area contributed by atoms with Crippen LogP contribution >= 0.6 is 0 Å². The first kappa shape index (κ1) is 15.1. The molecule has 0 amide bonds. The number of nitrogens with zero attached hydrogens (tertiary/aromatic N) is 3. The standard InChI is InChI=1S/C7H9N3.2C2H6/c1-3-8-7-5-6-9-10(7)4-2;2*1-2/h3-6H,2H2,1H3;2*1-2H3/b8-3-;;. The first-order valence-electron chi connectivity index (χ1n) is 5.03. The Morgan fingerprint density at radius 1 is 1.36 bits per heavy atom. The van der Waals surface area contributed by atoms with Crippen LogP contribution in [-0.2, 0) is 0 Å². The predicted molar refractivity (Wildman–Crippen MR) is 65.1 cm³/mol. The molecule has 0 N–H and O–H groups in total. The van der Waals surface area contributed by atoms with Gasteiger partial charge in [0.25, 0.3) is 0 Å². The molecule has 0 atom stereocenters. The first-order valence-corrected chi connectivity index (χ1v) is 5.03. The summed E-state index contributed by atoms with van der Waals surface area (Å²) in [4.78, 5) is 4.04. The monoisotopic (exact) mass is 195 g/mol. The Kier molecular flexibility index (Phi) is 12.5. The third kappa shape index (κ3) is 5.30. The highest BCUT2D eigenvalue weighted by Crippen LogP contribution is 2.08. The largest absolute Gasteiger partial charge is 0.242 e. The molecule has 80 valence electrons. The number of aromatic nitrogens is 2. The Labute approximate surface area is 87.2 Å². The van der Waals surface area contributed by atoms with E-state index in [-0.39, 0.29) is 0 Å². The maximum Gasteiger partial charge on any atom is 0.154 e. The van der Waals surface area contributed by atoms with Crippen LogP contribution < -0.4 is 0 Å². The Hall–Kier alpha value is -1.38. The quantitative estimate of drug-likeness (QED) is 0.661. The fraction of sp³-hybridized carbons (Fsp3) is 0.455. The molecule has 1 heterocycles. The minimum Gasteiger partial charge on any atom is -0.242 e. The molecule has 0 aromatic carbocycles. The summed E-state index contributed by atoms with van der Waals surface area (Å²) < 4.78 is 1.61.